The van der Waals surface area contributed by atoms with E-state index in [9.17, 15) is 0 Å². The van der Waals surface area contributed by atoms with Gasteiger partial charge in [-0.15, -0.1) is 0 Å². The predicted octanol–water partition coefficient (Wildman–Crippen LogP) is 6.77. The minimum atomic E-state index is 1.12. The molecule has 2 rings (SSSR count). The molecule has 0 atom stereocenters. The van der Waals surface area contributed by atoms with Gasteiger partial charge in [0.15, 0.2) is 0 Å². The lowest BCUT2D eigenvalue weighted by Crippen LogP contribution is -2.01. The second-order valence-corrected chi connectivity index (χ2v) is 6.95. The molecule has 0 N–H and O–H groups in total. The molecule has 2 aromatic rings. The van der Waals surface area contributed by atoms with Crippen molar-refractivity contribution in [1.82, 2.24) is 0 Å². The molecule has 0 radical (unpaired) electrons. The van der Waals surface area contributed by atoms with Gasteiger partial charge in [-0.3, -0.25) is 0 Å². The molecule has 122 valence electrons. The third-order valence-corrected chi connectivity index (χ3v) is 4.53. The van der Waals surface area contributed by atoms with Gasteiger partial charge < -0.3 is 0 Å². The van der Waals surface area contributed by atoms with E-state index < -0.39 is 0 Å². The first-order chi connectivity index (χ1) is 10.8. The molecule has 0 saturated carbocycles. The van der Waals surface area contributed by atoms with Crippen LogP contribution in [0.2, 0.25) is 0 Å². The molecular formula is C23H30. The van der Waals surface area contributed by atoms with Crippen LogP contribution in [0, 0.1) is 41.5 Å². The van der Waals surface area contributed by atoms with E-state index in [2.05, 4.69) is 78.8 Å². The summed E-state index contributed by atoms with van der Waals surface area (Å²) in [7, 11) is 0. The molecule has 0 spiro atoms. The Labute approximate surface area is 142 Å². The first-order valence-corrected chi connectivity index (χ1v) is 8.71. The van der Waals surface area contributed by atoms with Crippen LogP contribution in [0.25, 0.3) is 5.57 Å². The van der Waals surface area contributed by atoms with Crippen molar-refractivity contribution in [3.05, 3.63) is 74.8 Å². The molecule has 23 heavy (non-hydrogen) atoms. The van der Waals surface area contributed by atoms with E-state index in [1.807, 2.05) is 0 Å². The van der Waals surface area contributed by atoms with E-state index in [1.54, 1.807) is 0 Å². The lowest BCUT2D eigenvalue weighted by Gasteiger charge is -2.20. The third-order valence-electron chi connectivity index (χ3n) is 4.53. The van der Waals surface area contributed by atoms with E-state index in [-0.39, 0.29) is 0 Å². The minimum absolute atomic E-state index is 1.12. The molecule has 0 unspecified atom stereocenters. The van der Waals surface area contributed by atoms with Gasteiger partial charge in [-0.05, 0) is 86.9 Å². The summed E-state index contributed by atoms with van der Waals surface area (Å²) in [6, 6.07) is 9.23. The summed E-state index contributed by atoms with van der Waals surface area (Å²) in [4.78, 5) is 0. The Morgan fingerprint density at radius 1 is 0.696 bits per heavy atom. The summed E-state index contributed by atoms with van der Waals surface area (Å²) in [5.74, 6) is 0. The highest BCUT2D eigenvalue weighted by Gasteiger charge is 2.15. The predicted molar refractivity (Wildman–Crippen MR) is 103 cm³/mol. The molecule has 0 aliphatic heterocycles. The topological polar surface area (TPSA) is 0 Å². The fraction of sp³-hybridized carbons (Fsp3) is 0.391. The van der Waals surface area contributed by atoms with Crippen LogP contribution in [-0.4, -0.2) is 0 Å². The highest BCUT2D eigenvalue weighted by Crippen LogP contribution is 2.34. The Kier molecular flexibility index (Phi) is 5.46. The number of rotatable bonds is 4. The van der Waals surface area contributed by atoms with Crippen molar-refractivity contribution in [2.45, 2.75) is 61.3 Å². The van der Waals surface area contributed by atoms with Gasteiger partial charge in [-0.1, -0.05) is 54.8 Å². The van der Waals surface area contributed by atoms with Crippen LogP contribution >= 0.6 is 0 Å². The molecule has 0 saturated heterocycles. The zero-order chi connectivity index (χ0) is 17.1. The number of allylic oxidation sites excluding steroid dienone is 1. The van der Waals surface area contributed by atoms with Crippen molar-refractivity contribution in [2.24, 2.45) is 0 Å². The zero-order valence-corrected chi connectivity index (χ0v) is 15.8. The number of hydrogen-bond acceptors (Lipinski definition) is 0. The zero-order valence-electron chi connectivity index (χ0n) is 15.8. The summed E-state index contributed by atoms with van der Waals surface area (Å²) in [5, 5.41) is 0. The maximum Gasteiger partial charge on any atom is -0.0122 e. The average Bonchev–Trinajstić information content (AvgIpc) is 2.41. The summed E-state index contributed by atoms with van der Waals surface area (Å²) in [6.45, 7) is 15.6. The summed E-state index contributed by atoms with van der Waals surface area (Å²) < 4.78 is 0. The highest BCUT2D eigenvalue weighted by molar-refractivity contribution is 5.86. The summed E-state index contributed by atoms with van der Waals surface area (Å²) in [6.07, 6.45) is 4.74. The third kappa shape index (κ3) is 3.75. The molecule has 0 amide bonds. The van der Waals surface area contributed by atoms with E-state index in [4.69, 9.17) is 0 Å². The van der Waals surface area contributed by atoms with Crippen molar-refractivity contribution in [2.75, 3.05) is 0 Å². The quantitative estimate of drug-likeness (QED) is 0.584. The van der Waals surface area contributed by atoms with Crippen molar-refractivity contribution >= 4 is 5.57 Å². The number of unbranched alkanes of at least 4 members (excludes halogenated alkanes) is 1. The number of aryl methyl sites for hydroxylation is 6. The van der Waals surface area contributed by atoms with Crippen LogP contribution < -0.4 is 0 Å². The van der Waals surface area contributed by atoms with E-state index >= 15 is 0 Å². The molecule has 0 aliphatic rings. The van der Waals surface area contributed by atoms with Gasteiger partial charge in [0.25, 0.3) is 0 Å². The van der Waals surface area contributed by atoms with Crippen molar-refractivity contribution in [3.8, 4) is 0 Å². The normalized spacial score (nSPS) is 10.7. The van der Waals surface area contributed by atoms with Crippen LogP contribution in [0.3, 0.4) is 0 Å². The smallest absolute Gasteiger partial charge is 0.0122 e. The van der Waals surface area contributed by atoms with Gasteiger partial charge >= 0.3 is 0 Å². The Morgan fingerprint density at radius 3 is 1.35 bits per heavy atom. The summed E-state index contributed by atoms with van der Waals surface area (Å²) in [5.41, 5.74) is 12.4. The van der Waals surface area contributed by atoms with E-state index in [1.165, 1.54) is 56.5 Å². The van der Waals surface area contributed by atoms with Crippen LogP contribution in [0.4, 0.5) is 0 Å². The maximum absolute atomic E-state index is 2.44. The second-order valence-electron chi connectivity index (χ2n) is 6.95. The van der Waals surface area contributed by atoms with Crippen molar-refractivity contribution in [1.29, 1.82) is 0 Å². The Morgan fingerprint density at radius 2 is 1.04 bits per heavy atom. The van der Waals surface area contributed by atoms with E-state index in [0.717, 1.165) is 6.42 Å². The molecule has 0 nitrogen and oxygen atoms in total. The van der Waals surface area contributed by atoms with Gasteiger partial charge in [-0.2, -0.15) is 0 Å². The number of hydrogen-bond donors (Lipinski definition) is 0. The summed E-state index contributed by atoms with van der Waals surface area (Å²) >= 11 is 0. The molecular weight excluding hydrogens is 276 g/mol. The molecule has 0 heteroatoms. The minimum Gasteiger partial charge on any atom is -0.0760 e. The van der Waals surface area contributed by atoms with Crippen LogP contribution in [0.5, 0.6) is 0 Å². The van der Waals surface area contributed by atoms with Crippen molar-refractivity contribution < 1.29 is 0 Å². The van der Waals surface area contributed by atoms with Gasteiger partial charge in [0.1, 0.15) is 0 Å². The molecule has 2 aromatic carbocycles. The Bertz CT molecular complexity index is 639. The molecule has 0 aromatic heterocycles. The second kappa shape index (κ2) is 7.17. The maximum atomic E-state index is 2.44. The van der Waals surface area contributed by atoms with Gasteiger partial charge in [0.05, 0.1) is 0 Å². The fourth-order valence-corrected chi connectivity index (χ4v) is 3.83. The van der Waals surface area contributed by atoms with Gasteiger partial charge in [0.2, 0.25) is 0 Å². The molecule has 0 heterocycles. The standard InChI is InChI=1S/C23H30/c1-8-9-10-21(22-17(4)11-15(2)12-18(22)5)23-19(6)13-16(3)14-20(23)7/h10-14H,8-9H2,1-7H3. The molecule has 0 bridgehead atoms. The van der Waals surface area contributed by atoms with E-state index in [0.29, 0.717) is 0 Å². The Hall–Kier alpha value is -1.82. The van der Waals surface area contributed by atoms with Crippen LogP contribution in [0.15, 0.2) is 30.3 Å². The monoisotopic (exact) mass is 306 g/mol. The largest absolute Gasteiger partial charge is 0.0760 e. The van der Waals surface area contributed by atoms with Gasteiger partial charge in [-0.25, -0.2) is 0 Å². The average molecular weight is 306 g/mol. The van der Waals surface area contributed by atoms with Crippen LogP contribution in [-0.2, 0) is 0 Å². The first-order valence-electron chi connectivity index (χ1n) is 8.71. The van der Waals surface area contributed by atoms with Crippen LogP contribution in [0.1, 0.15) is 64.3 Å². The van der Waals surface area contributed by atoms with Crippen molar-refractivity contribution in [3.63, 3.8) is 0 Å². The highest BCUT2D eigenvalue weighted by atomic mass is 14.2. The Balaban J connectivity index is 2.75. The lowest BCUT2D eigenvalue weighted by atomic mass is 9.84. The van der Waals surface area contributed by atoms with Gasteiger partial charge in [0, 0.05) is 0 Å². The first kappa shape index (κ1) is 17.5. The molecule has 0 fully saturated rings. The SMILES string of the molecule is CCCC=C(c1c(C)cc(C)cc1C)c1c(C)cc(C)cc1C. The molecule has 0 aliphatic carbocycles. The lowest BCUT2D eigenvalue weighted by molar-refractivity contribution is 0.959. The number of benzene rings is 2. The fourth-order valence-electron chi connectivity index (χ4n) is 3.83.